The summed E-state index contributed by atoms with van der Waals surface area (Å²) in [6.07, 6.45) is -8.31. The Labute approximate surface area is 176 Å². The first-order valence-electron chi connectivity index (χ1n) is 9.61. The Morgan fingerprint density at radius 1 is 0.968 bits per heavy atom. The highest BCUT2D eigenvalue weighted by Gasteiger charge is 2.45. The standard InChI is InChI=1S/C21H22O10/c22-8-16-18(26)19(27)20(28)21(31-16)30-15-6-11(24)5-14-17(15)12(25)7-13(29-14)9-1-3-10(23)4-2-9/h1-6,13,16,18-24,26-28H,7-8H2/t13-,16-,18+,19+,20+,21-/m0/s1. The Balaban J connectivity index is 1.63. The number of hydrogen-bond acceptors (Lipinski definition) is 10. The molecule has 0 aromatic heterocycles. The van der Waals surface area contributed by atoms with Crippen molar-refractivity contribution in [3.63, 3.8) is 0 Å². The van der Waals surface area contributed by atoms with E-state index in [0.717, 1.165) is 6.07 Å². The number of aromatic hydroxyl groups is 2. The maximum Gasteiger partial charge on any atom is 0.229 e. The monoisotopic (exact) mass is 434 g/mol. The first-order valence-corrected chi connectivity index (χ1v) is 9.61. The van der Waals surface area contributed by atoms with E-state index in [1.54, 1.807) is 12.1 Å². The number of ketones is 1. The van der Waals surface area contributed by atoms with E-state index in [1.165, 1.54) is 18.2 Å². The summed E-state index contributed by atoms with van der Waals surface area (Å²) in [6, 6.07) is 8.56. The molecule has 0 aliphatic carbocycles. The molecule has 4 rings (SSSR count). The van der Waals surface area contributed by atoms with Crippen molar-refractivity contribution < 1.29 is 49.6 Å². The van der Waals surface area contributed by atoms with Crippen molar-refractivity contribution in [2.24, 2.45) is 0 Å². The van der Waals surface area contributed by atoms with Crippen LogP contribution in [0.15, 0.2) is 36.4 Å². The van der Waals surface area contributed by atoms with E-state index in [2.05, 4.69) is 0 Å². The van der Waals surface area contributed by atoms with Gasteiger partial charge in [0.2, 0.25) is 6.29 Å². The Morgan fingerprint density at radius 3 is 2.35 bits per heavy atom. The molecule has 0 unspecified atom stereocenters. The average molecular weight is 434 g/mol. The number of benzene rings is 2. The second kappa shape index (κ2) is 8.33. The number of carbonyl (C=O) groups is 1. The fourth-order valence-electron chi connectivity index (χ4n) is 3.67. The Bertz CT molecular complexity index is 957. The molecule has 2 aliphatic rings. The van der Waals surface area contributed by atoms with Gasteiger partial charge in [-0.1, -0.05) is 12.1 Å². The molecule has 1 fully saturated rings. The van der Waals surface area contributed by atoms with Gasteiger partial charge in [-0.2, -0.15) is 0 Å². The third-order valence-electron chi connectivity index (χ3n) is 5.33. The molecule has 166 valence electrons. The molecular weight excluding hydrogens is 412 g/mol. The Hall–Kier alpha value is -2.89. The molecule has 6 N–H and O–H groups in total. The van der Waals surface area contributed by atoms with Gasteiger partial charge in [-0.3, -0.25) is 4.79 Å². The van der Waals surface area contributed by atoms with Crippen LogP contribution in [0.25, 0.3) is 0 Å². The van der Waals surface area contributed by atoms with E-state index >= 15 is 0 Å². The van der Waals surface area contributed by atoms with Crippen LogP contribution in [0.3, 0.4) is 0 Å². The molecule has 2 aromatic rings. The number of aliphatic hydroxyl groups excluding tert-OH is 4. The highest BCUT2D eigenvalue weighted by molar-refractivity contribution is 6.02. The van der Waals surface area contributed by atoms with Crippen molar-refractivity contribution in [3.8, 4) is 23.0 Å². The number of phenolic OH excluding ortho intramolecular Hbond substituents is 2. The van der Waals surface area contributed by atoms with Crippen molar-refractivity contribution in [1.29, 1.82) is 0 Å². The average Bonchev–Trinajstić information content (AvgIpc) is 2.74. The lowest BCUT2D eigenvalue weighted by atomic mass is 9.95. The highest BCUT2D eigenvalue weighted by Crippen LogP contribution is 2.43. The van der Waals surface area contributed by atoms with Gasteiger partial charge in [0.1, 0.15) is 59.1 Å². The molecule has 0 saturated carbocycles. The van der Waals surface area contributed by atoms with Gasteiger partial charge in [-0.25, -0.2) is 0 Å². The first kappa shape index (κ1) is 21.3. The number of rotatable bonds is 4. The van der Waals surface area contributed by atoms with Gasteiger partial charge >= 0.3 is 0 Å². The van der Waals surface area contributed by atoms with Gasteiger partial charge in [-0.05, 0) is 17.7 Å². The quantitative estimate of drug-likeness (QED) is 0.385. The van der Waals surface area contributed by atoms with Crippen LogP contribution in [0.1, 0.15) is 28.4 Å². The zero-order valence-electron chi connectivity index (χ0n) is 16.2. The van der Waals surface area contributed by atoms with E-state index in [4.69, 9.17) is 14.2 Å². The van der Waals surface area contributed by atoms with Crippen LogP contribution in [-0.4, -0.2) is 73.7 Å². The van der Waals surface area contributed by atoms with Crippen LogP contribution < -0.4 is 9.47 Å². The molecule has 2 heterocycles. The minimum absolute atomic E-state index is 0.0183. The number of fused-ring (bicyclic) bond motifs is 1. The number of Topliss-reactive ketones (excluding diaryl/α,β-unsaturated/α-hetero) is 1. The summed E-state index contributed by atoms with van der Waals surface area (Å²) in [5, 5.41) is 58.9. The third kappa shape index (κ3) is 4.03. The fraction of sp³-hybridized carbons (Fsp3) is 0.381. The van der Waals surface area contributed by atoms with Gasteiger partial charge in [-0.15, -0.1) is 0 Å². The molecule has 31 heavy (non-hydrogen) atoms. The van der Waals surface area contributed by atoms with Crippen LogP contribution in [0.2, 0.25) is 0 Å². The second-order valence-electron chi connectivity index (χ2n) is 7.46. The number of phenols is 2. The fourth-order valence-corrected chi connectivity index (χ4v) is 3.67. The molecule has 10 nitrogen and oxygen atoms in total. The minimum atomic E-state index is -1.68. The number of ether oxygens (including phenoxy) is 3. The molecule has 1 saturated heterocycles. The molecule has 0 bridgehead atoms. The van der Waals surface area contributed by atoms with Gasteiger partial charge in [0.05, 0.1) is 13.0 Å². The number of aliphatic hydroxyl groups is 4. The largest absolute Gasteiger partial charge is 0.508 e. The first-order chi connectivity index (χ1) is 14.8. The summed E-state index contributed by atoms with van der Waals surface area (Å²) in [4.78, 5) is 12.9. The van der Waals surface area contributed by atoms with Crippen LogP contribution in [0.5, 0.6) is 23.0 Å². The summed E-state index contributed by atoms with van der Waals surface area (Å²) < 4.78 is 16.8. The smallest absolute Gasteiger partial charge is 0.229 e. The third-order valence-corrected chi connectivity index (χ3v) is 5.33. The van der Waals surface area contributed by atoms with E-state index in [-0.39, 0.29) is 40.8 Å². The summed E-state index contributed by atoms with van der Waals surface area (Å²) in [6.45, 7) is -0.640. The molecule has 0 radical (unpaired) electrons. The van der Waals surface area contributed by atoms with E-state index in [1.807, 2.05) is 0 Å². The predicted octanol–water partition coefficient (Wildman–Crippen LogP) is -0.0170. The molecule has 2 aliphatic heterocycles. The normalized spacial score (nSPS) is 30.4. The number of carbonyl (C=O) groups excluding carboxylic acids is 1. The van der Waals surface area contributed by atoms with Crippen molar-refractivity contribution in [2.45, 2.75) is 43.2 Å². The maximum absolute atomic E-state index is 12.9. The highest BCUT2D eigenvalue weighted by atomic mass is 16.7. The molecule has 0 amide bonds. The summed E-state index contributed by atoms with van der Waals surface area (Å²) >= 11 is 0. The van der Waals surface area contributed by atoms with Crippen LogP contribution in [-0.2, 0) is 4.74 Å². The van der Waals surface area contributed by atoms with Crippen molar-refractivity contribution >= 4 is 5.78 Å². The summed E-state index contributed by atoms with van der Waals surface area (Å²) in [5.74, 6) is -0.669. The molecular formula is C21H22O10. The van der Waals surface area contributed by atoms with Crippen molar-refractivity contribution in [2.75, 3.05) is 6.61 Å². The van der Waals surface area contributed by atoms with Gasteiger partial charge in [0, 0.05) is 12.1 Å². The lowest BCUT2D eigenvalue weighted by Crippen LogP contribution is -2.60. The SMILES string of the molecule is O=C1C[C@@H](c2ccc(O)cc2)Oc2cc(O)cc(O[C@H]3O[C@@H](CO)[C@@H](O)[C@@H](O)[C@H]3O)c21. The zero-order chi connectivity index (χ0) is 22.3. The minimum Gasteiger partial charge on any atom is -0.508 e. The van der Waals surface area contributed by atoms with Gasteiger partial charge in [0.25, 0.3) is 0 Å². The van der Waals surface area contributed by atoms with E-state index < -0.39 is 43.4 Å². The Kier molecular flexibility index (Phi) is 5.73. The maximum atomic E-state index is 12.9. The summed E-state index contributed by atoms with van der Waals surface area (Å²) in [7, 11) is 0. The lowest BCUT2D eigenvalue weighted by Gasteiger charge is -2.40. The topological polar surface area (TPSA) is 166 Å². The van der Waals surface area contributed by atoms with Crippen molar-refractivity contribution in [1.82, 2.24) is 0 Å². The zero-order valence-corrected chi connectivity index (χ0v) is 16.2. The van der Waals surface area contributed by atoms with Gasteiger partial charge in [0.15, 0.2) is 5.78 Å². The molecule has 0 spiro atoms. The Morgan fingerprint density at radius 2 is 1.68 bits per heavy atom. The van der Waals surface area contributed by atoms with Crippen molar-refractivity contribution in [3.05, 3.63) is 47.5 Å². The van der Waals surface area contributed by atoms with Crippen LogP contribution in [0.4, 0.5) is 0 Å². The van der Waals surface area contributed by atoms with Gasteiger partial charge < -0.3 is 44.8 Å². The number of hydrogen-bond donors (Lipinski definition) is 6. The predicted molar refractivity (Wildman–Crippen MR) is 103 cm³/mol. The molecule has 6 atom stereocenters. The van der Waals surface area contributed by atoms with Crippen LogP contribution in [0, 0.1) is 0 Å². The van der Waals surface area contributed by atoms with Crippen LogP contribution >= 0.6 is 0 Å². The second-order valence-corrected chi connectivity index (χ2v) is 7.46. The van der Waals surface area contributed by atoms with E-state index in [9.17, 15) is 35.4 Å². The van der Waals surface area contributed by atoms with E-state index in [0.29, 0.717) is 5.56 Å². The summed E-state index contributed by atoms with van der Waals surface area (Å²) in [5.41, 5.74) is 0.668. The molecule has 2 aromatic carbocycles. The molecule has 10 heteroatoms. The lowest BCUT2D eigenvalue weighted by molar-refractivity contribution is -0.277.